The molecule has 17 heteroatoms. The van der Waals surface area contributed by atoms with Crippen LogP contribution in [0.25, 0.3) is 22.2 Å². The molecule has 3 heterocycles. The number of pyridine rings is 1. The van der Waals surface area contributed by atoms with E-state index < -0.39 is 100 Å². The number of ether oxygens (including phenoxy) is 1. The number of hydrogen-bond acceptors (Lipinski definition) is 7. The van der Waals surface area contributed by atoms with Crippen LogP contribution >= 0.6 is 0 Å². The number of aromatic amines is 1. The number of nitrogens with two attached hydrogens (primary N) is 1. The zero-order valence-corrected chi connectivity index (χ0v) is 20.6. The van der Waals surface area contributed by atoms with Crippen molar-refractivity contribution in [2.45, 2.75) is 44.8 Å². The van der Waals surface area contributed by atoms with Crippen molar-refractivity contribution in [2.75, 3.05) is 5.73 Å². The van der Waals surface area contributed by atoms with E-state index in [1.54, 1.807) is 5.10 Å². The molecule has 41 heavy (non-hydrogen) atoms. The van der Waals surface area contributed by atoms with Gasteiger partial charge in [-0.2, -0.15) is 18.3 Å². The number of nitrogens with zero attached hydrogens (tertiary/aromatic N) is 4. The standard InChI is InChI=1S/C24H18F8N6O3/c1-9(41-14-7-35-37-22(39)16(14)24(30,31)32)4-11(25)8-38-3-2-10-5-12(17(26)18(27)15(10)23(38)40)21-34-6-13(19(28)29)20(33)36-21/h2-3,5-7,9,11,19H,4,8H2,1H3,(H,37,39)(H2,33,34,36). The van der Waals surface area contributed by atoms with Gasteiger partial charge in [-0.05, 0) is 24.4 Å². The maximum Gasteiger partial charge on any atom is 0.425 e. The summed E-state index contributed by atoms with van der Waals surface area (Å²) in [4.78, 5) is 31.6. The van der Waals surface area contributed by atoms with Crippen molar-refractivity contribution < 1.29 is 39.9 Å². The van der Waals surface area contributed by atoms with Crippen LogP contribution in [-0.2, 0) is 12.7 Å². The van der Waals surface area contributed by atoms with Gasteiger partial charge in [0.25, 0.3) is 17.5 Å². The molecular formula is C24H18F8N6O3. The highest BCUT2D eigenvalue weighted by atomic mass is 19.4. The van der Waals surface area contributed by atoms with Crippen LogP contribution in [0.3, 0.4) is 0 Å². The summed E-state index contributed by atoms with van der Waals surface area (Å²) in [5.74, 6) is -5.31. The third-order valence-corrected chi connectivity index (χ3v) is 5.89. The Kier molecular flexibility index (Phi) is 7.98. The molecule has 218 valence electrons. The Morgan fingerprint density at radius 1 is 1.12 bits per heavy atom. The second-order valence-electron chi connectivity index (χ2n) is 8.82. The third-order valence-electron chi connectivity index (χ3n) is 5.89. The van der Waals surface area contributed by atoms with Crippen LogP contribution in [0.15, 0.2) is 40.3 Å². The molecule has 3 aromatic heterocycles. The third kappa shape index (κ3) is 5.97. The van der Waals surface area contributed by atoms with Gasteiger partial charge in [0.2, 0.25) is 0 Å². The molecule has 4 aromatic rings. The molecule has 9 nitrogen and oxygen atoms in total. The van der Waals surface area contributed by atoms with Gasteiger partial charge in [-0.15, -0.1) is 0 Å². The lowest BCUT2D eigenvalue weighted by Crippen LogP contribution is -2.29. The summed E-state index contributed by atoms with van der Waals surface area (Å²) >= 11 is 0. The van der Waals surface area contributed by atoms with Crippen molar-refractivity contribution in [3.8, 4) is 17.1 Å². The van der Waals surface area contributed by atoms with Crippen LogP contribution in [-0.4, -0.2) is 37.0 Å². The van der Waals surface area contributed by atoms with Gasteiger partial charge in [0.05, 0.1) is 35.4 Å². The number of nitrogen functional groups attached to an aromatic ring is 1. The lowest BCUT2D eigenvalue weighted by atomic mass is 10.1. The number of halogens is 8. The molecule has 0 saturated heterocycles. The van der Waals surface area contributed by atoms with Crippen molar-refractivity contribution in [1.82, 2.24) is 24.7 Å². The molecule has 0 saturated carbocycles. The second-order valence-corrected chi connectivity index (χ2v) is 8.82. The van der Waals surface area contributed by atoms with Gasteiger partial charge >= 0.3 is 6.18 Å². The zero-order chi connectivity index (χ0) is 30.2. The van der Waals surface area contributed by atoms with Crippen LogP contribution in [0, 0.1) is 11.6 Å². The molecule has 0 amide bonds. The van der Waals surface area contributed by atoms with E-state index in [2.05, 4.69) is 15.1 Å². The predicted molar refractivity (Wildman–Crippen MR) is 128 cm³/mol. The normalized spacial score (nSPS) is 13.5. The van der Waals surface area contributed by atoms with Crippen LogP contribution in [0.4, 0.5) is 40.9 Å². The molecule has 4 rings (SSSR count). The summed E-state index contributed by atoms with van der Waals surface area (Å²) < 4.78 is 116. The number of alkyl halides is 6. The Morgan fingerprint density at radius 2 is 1.83 bits per heavy atom. The topological polar surface area (TPSA) is 129 Å². The first kappa shape index (κ1) is 29.4. The quantitative estimate of drug-likeness (QED) is 0.288. The van der Waals surface area contributed by atoms with Gasteiger partial charge in [-0.3, -0.25) is 9.59 Å². The van der Waals surface area contributed by atoms with Crippen molar-refractivity contribution in [3.05, 3.63) is 74.2 Å². The van der Waals surface area contributed by atoms with Gasteiger partial charge in [0.15, 0.2) is 28.8 Å². The summed E-state index contributed by atoms with van der Waals surface area (Å²) in [7, 11) is 0. The molecule has 0 fully saturated rings. The van der Waals surface area contributed by atoms with Crippen molar-refractivity contribution in [2.24, 2.45) is 0 Å². The first-order valence-electron chi connectivity index (χ1n) is 11.6. The molecule has 3 N–H and O–H groups in total. The average molecular weight is 590 g/mol. The molecular weight excluding hydrogens is 572 g/mol. The largest absolute Gasteiger partial charge is 0.488 e. The monoisotopic (exact) mass is 590 g/mol. The van der Waals surface area contributed by atoms with Crippen molar-refractivity contribution in [3.63, 3.8) is 0 Å². The number of benzene rings is 1. The van der Waals surface area contributed by atoms with Crippen LogP contribution in [0.5, 0.6) is 5.75 Å². The number of hydrogen-bond donors (Lipinski definition) is 2. The maximum absolute atomic E-state index is 15.0. The number of fused-ring (bicyclic) bond motifs is 1. The van der Waals surface area contributed by atoms with Crippen LogP contribution in [0.2, 0.25) is 0 Å². The van der Waals surface area contributed by atoms with Gasteiger partial charge in [-0.25, -0.2) is 37.0 Å². The smallest absolute Gasteiger partial charge is 0.425 e. The van der Waals surface area contributed by atoms with E-state index in [0.29, 0.717) is 12.4 Å². The SMILES string of the molecule is CC(CC(F)Cn1ccc2cc(-c3ncc(C(F)F)c(N)n3)c(F)c(F)c2c1=O)Oc1cn[nH]c(=O)c1C(F)(F)F. The lowest BCUT2D eigenvalue weighted by Gasteiger charge is -2.19. The maximum atomic E-state index is 15.0. The van der Waals surface area contributed by atoms with E-state index in [9.17, 15) is 40.3 Å². The van der Waals surface area contributed by atoms with Crippen LogP contribution in [0.1, 0.15) is 30.9 Å². The molecule has 0 bridgehead atoms. The second kappa shape index (κ2) is 11.1. The summed E-state index contributed by atoms with van der Waals surface area (Å²) in [5, 5.41) is 3.97. The fraction of sp³-hybridized carbons (Fsp3) is 0.292. The van der Waals surface area contributed by atoms with E-state index >= 15 is 4.39 Å². The summed E-state index contributed by atoms with van der Waals surface area (Å²) in [6, 6.07) is 2.15. The first-order chi connectivity index (χ1) is 19.2. The minimum Gasteiger partial charge on any atom is -0.488 e. The molecule has 1 aromatic carbocycles. The fourth-order valence-corrected chi connectivity index (χ4v) is 4.04. The Labute approximate surface area is 223 Å². The number of aromatic nitrogens is 5. The van der Waals surface area contributed by atoms with E-state index in [1.807, 2.05) is 0 Å². The number of rotatable bonds is 8. The molecule has 0 aliphatic rings. The Bertz CT molecular complexity index is 1720. The zero-order valence-electron chi connectivity index (χ0n) is 20.6. The van der Waals surface area contributed by atoms with E-state index in [-0.39, 0.29) is 5.39 Å². The predicted octanol–water partition coefficient (Wildman–Crippen LogP) is 4.55. The van der Waals surface area contributed by atoms with Crippen LogP contribution < -0.4 is 21.6 Å². The van der Waals surface area contributed by atoms with Gasteiger partial charge in [-0.1, -0.05) is 0 Å². The lowest BCUT2D eigenvalue weighted by molar-refractivity contribution is -0.140. The number of nitrogens with one attached hydrogen (secondary N) is 1. The summed E-state index contributed by atoms with van der Waals surface area (Å²) in [6.45, 7) is 0.510. The number of anilines is 1. The van der Waals surface area contributed by atoms with Gasteiger partial charge in [0.1, 0.15) is 12.0 Å². The first-order valence-corrected chi connectivity index (χ1v) is 11.6. The average Bonchev–Trinajstić information content (AvgIpc) is 2.86. The molecule has 2 atom stereocenters. The molecule has 2 unspecified atom stereocenters. The van der Waals surface area contributed by atoms with Gasteiger partial charge in [0, 0.05) is 18.8 Å². The van der Waals surface area contributed by atoms with Gasteiger partial charge < -0.3 is 15.0 Å². The Hall–Kier alpha value is -4.57. The van der Waals surface area contributed by atoms with E-state index in [0.717, 1.165) is 22.9 Å². The highest BCUT2D eigenvalue weighted by Gasteiger charge is 2.38. The molecule has 0 aliphatic heterocycles. The molecule has 0 aliphatic carbocycles. The van der Waals surface area contributed by atoms with E-state index in [4.69, 9.17) is 10.5 Å². The molecule has 0 spiro atoms. The fourth-order valence-electron chi connectivity index (χ4n) is 4.04. The minimum absolute atomic E-state index is 0.145. The van der Waals surface area contributed by atoms with Crippen molar-refractivity contribution in [1.29, 1.82) is 0 Å². The van der Waals surface area contributed by atoms with E-state index in [1.165, 1.54) is 6.92 Å². The summed E-state index contributed by atoms with van der Waals surface area (Å²) in [5.41, 5.74) is -0.179. The molecule has 0 radical (unpaired) electrons. The summed E-state index contributed by atoms with van der Waals surface area (Å²) in [6.07, 6.45) is -9.45. The Balaban J connectivity index is 1.57. The Morgan fingerprint density at radius 3 is 2.46 bits per heavy atom. The highest BCUT2D eigenvalue weighted by Crippen LogP contribution is 2.34. The number of H-pyrrole nitrogens is 1. The highest BCUT2D eigenvalue weighted by molar-refractivity contribution is 5.86. The minimum atomic E-state index is -5.08. The van der Waals surface area contributed by atoms with Crippen molar-refractivity contribution >= 4 is 16.6 Å².